The van der Waals surface area contributed by atoms with E-state index in [0.29, 0.717) is 11.5 Å². The zero-order chi connectivity index (χ0) is 16.6. The van der Waals surface area contributed by atoms with Crippen LogP contribution < -0.4 is 0 Å². The molecule has 116 valence electrons. The number of benzene rings is 2. The lowest BCUT2D eigenvalue weighted by Crippen LogP contribution is -2.06. The number of aryl methyl sites for hydroxylation is 2. The van der Waals surface area contributed by atoms with Gasteiger partial charge in [0.1, 0.15) is 5.82 Å². The van der Waals surface area contributed by atoms with Gasteiger partial charge in [0.2, 0.25) is 0 Å². The smallest absolute Gasteiger partial charge is 0.112 e. The highest BCUT2D eigenvalue weighted by Gasteiger charge is 2.15. The lowest BCUT2D eigenvalue weighted by atomic mass is 10.1. The monoisotopic (exact) mass is 303 g/mol. The second kappa shape index (κ2) is 5.89. The summed E-state index contributed by atoms with van der Waals surface area (Å²) in [4.78, 5) is 4.85. The summed E-state index contributed by atoms with van der Waals surface area (Å²) in [7, 11) is 0. The van der Waals surface area contributed by atoms with Crippen molar-refractivity contribution in [2.24, 2.45) is 0 Å². The van der Waals surface area contributed by atoms with E-state index in [9.17, 15) is 0 Å². The molecule has 0 atom stereocenters. The van der Waals surface area contributed by atoms with Crippen LogP contribution in [0.25, 0.3) is 11.0 Å². The number of fused-ring (bicyclic) bond motifs is 1. The first kappa shape index (κ1) is 15.3. The number of rotatable bonds is 3. The first-order valence-electron chi connectivity index (χ1n) is 7.96. The van der Waals surface area contributed by atoms with Gasteiger partial charge in [-0.1, -0.05) is 26.0 Å². The average molecular weight is 303 g/mol. The van der Waals surface area contributed by atoms with Gasteiger partial charge in [0.25, 0.3) is 0 Å². The third-order valence-corrected chi connectivity index (χ3v) is 4.33. The fraction of sp³-hybridized carbons (Fsp3) is 0.300. The molecule has 23 heavy (non-hydrogen) atoms. The van der Waals surface area contributed by atoms with Crippen LogP contribution in [0, 0.1) is 25.2 Å². The minimum absolute atomic E-state index is 0.362. The van der Waals surface area contributed by atoms with Gasteiger partial charge in [0, 0.05) is 12.5 Å². The Bertz CT molecular complexity index is 893. The zero-order valence-corrected chi connectivity index (χ0v) is 14.1. The van der Waals surface area contributed by atoms with Gasteiger partial charge >= 0.3 is 0 Å². The Morgan fingerprint density at radius 2 is 1.74 bits per heavy atom. The number of aromatic nitrogens is 2. The number of nitriles is 1. The summed E-state index contributed by atoms with van der Waals surface area (Å²) >= 11 is 0. The maximum atomic E-state index is 8.93. The van der Waals surface area contributed by atoms with Crippen LogP contribution in [-0.2, 0) is 6.54 Å². The third-order valence-electron chi connectivity index (χ3n) is 4.33. The number of nitrogens with zero attached hydrogens (tertiary/aromatic N) is 3. The summed E-state index contributed by atoms with van der Waals surface area (Å²) in [6, 6.07) is 14.4. The summed E-state index contributed by atoms with van der Waals surface area (Å²) in [5, 5.41) is 8.93. The Morgan fingerprint density at radius 1 is 1.09 bits per heavy atom. The Morgan fingerprint density at radius 3 is 2.35 bits per heavy atom. The van der Waals surface area contributed by atoms with Gasteiger partial charge in [-0.3, -0.25) is 0 Å². The molecule has 0 amide bonds. The topological polar surface area (TPSA) is 41.6 Å². The molecule has 0 N–H and O–H groups in total. The Kier molecular flexibility index (Phi) is 3.92. The third kappa shape index (κ3) is 2.85. The fourth-order valence-electron chi connectivity index (χ4n) is 2.87. The van der Waals surface area contributed by atoms with Crippen molar-refractivity contribution in [2.45, 2.75) is 40.2 Å². The van der Waals surface area contributed by atoms with E-state index in [0.717, 1.165) is 17.9 Å². The predicted molar refractivity (Wildman–Crippen MR) is 93.6 cm³/mol. The van der Waals surface area contributed by atoms with E-state index in [2.05, 4.69) is 50.5 Å². The quantitative estimate of drug-likeness (QED) is 0.704. The van der Waals surface area contributed by atoms with Crippen molar-refractivity contribution in [1.29, 1.82) is 5.26 Å². The molecule has 0 unspecified atom stereocenters. The van der Waals surface area contributed by atoms with Gasteiger partial charge in [0.15, 0.2) is 0 Å². The van der Waals surface area contributed by atoms with E-state index in [4.69, 9.17) is 10.2 Å². The molecule has 0 bridgehead atoms. The average Bonchev–Trinajstić information content (AvgIpc) is 2.87. The molecule has 0 saturated heterocycles. The molecule has 0 saturated carbocycles. The van der Waals surface area contributed by atoms with Gasteiger partial charge < -0.3 is 4.57 Å². The van der Waals surface area contributed by atoms with E-state index >= 15 is 0 Å². The Labute approximate surface area is 137 Å². The van der Waals surface area contributed by atoms with E-state index in [1.165, 1.54) is 22.2 Å². The minimum Gasteiger partial charge on any atom is -0.323 e. The van der Waals surface area contributed by atoms with Crippen molar-refractivity contribution >= 4 is 11.0 Å². The number of imidazole rings is 1. The van der Waals surface area contributed by atoms with Gasteiger partial charge in [0.05, 0.1) is 22.7 Å². The molecule has 3 nitrogen and oxygen atoms in total. The van der Waals surface area contributed by atoms with Crippen molar-refractivity contribution in [2.75, 3.05) is 0 Å². The van der Waals surface area contributed by atoms with Crippen LogP contribution in [-0.4, -0.2) is 9.55 Å². The van der Waals surface area contributed by atoms with Crippen molar-refractivity contribution in [3.05, 3.63) is 64.5 Å². The molecule has 0 spiro atoms. The van der Waals surface area contributed by atoms with Crippen LogP contribution in [0.1, 0.15) is 47.8 Å². The standard InChI is InChI=1S/C20H21N3/c1-13(2)20-22-18-9-14(3)15(4)10-19(18)23(20)12-17-7-5-16(11-21)6-8-17/h5-10,13H,12H2,1-4H3. The van der Waals surface area contributed by atoms with Crippen molar-refractivity contribution in [3.8, 4) is 6.07 Å². The maximum absolute atomic E-state index is 8.93. The minimum atomic E-state index is 0.362. The summed E-state index contributed by atoms with van der Waals surface area (Å²) in [5.74, 6) is 1.47. The number of hydrogen-bond acceptors (Lipinski definition) is 2. The van der Waals surface area contributed by atoms with E-state index in [1.807, 2.05) is 24.3 Å². The van der Waals surface area contributed by atoms with E-state index in [-0.39, 0.29) is 0 Å². The maximum Gasteiger partial charge on any atom is 0.112 e. The van der Waals surface area contributed by atoms with E-state index in [1.54, 1.807) is 0 Å². The Hall–Kier alpha value is -2.60. The van der Waals surface area contributed by atoms with Crippen molar-refractivity contribution in [1.82, 2.24) is 9.55 Å². The predicted octanol–water partition coefficient (Wildman–Crippen LogP) is 4.70. The summed E-state index contributed by atoms with van der Waals surface area (Å²) < 4.78 is 2.30. The Balaban J connectivity index is 2.12. The first-order chi connectivity index (χ1) is 11.0. The second-order valence-corrected chi connectivity index (χ2v) is 6.44. The van der Waals surface area contributed by atoms with Crippen LogP contribution in [0.15, 0.2) is 36.4 Å². The first-order valence-corrected chi connectivity index (χ1v) is 7.96. The SMILES string of the molecule is Cc1cc2nc(C(C)C)n(Cc3ccc(C#N)cc3)c2cc1C. The normalized spacial score (nSPS) is 11.1. The highest BCUT2D eigenvalue weighted by molar-refractivity contribution is 5.78. The highest BCUT2D eigenvalue weighted by Crippen LogP contribution is 2.25. The summed E-state index contributed by atoms with van der Waals surface area (Å²) in [5.41, 5.74) is 6.68. The van der Waals surface area contributed by atoms with Gasteiger partial charge in [-0.25, -0.2) is 4.98 Å². The molecule has 0 aliphatic heterocycles. The molecule has 3 rings (SSSR count). The van der Waals surface area contributed by atoms with Crippen LogP contribution in [0.5, 0.6) is 0 Å². The lowest BCUT2D eigenvalue weighted by molar-refractivity contribution is 0.683. The molecule has 0 radical (unpaired) electrons. The lowest BCUT2D eigenvalue weighted by Gasteiger charge is -2.12. The van der Waals surface area contributed by atoms with Crippen molar-refractivity contribution in [3.63, 3.8) is 0 Å². The van der Waals surface area contributed by atoms with Crippen molar-refractivity contribution < 1.29 is 0 Å². The molecule has 0 fully saturated rings. The molecular formula is C20H21N3. The largest absolute Gasteiger partial charge is 0.323 e. The summed E-state index contributed by atoms with van der Waals surface area (Å²) in [6.45, 7) is 9.40. The zero-order valence-electron chi connectivity index (χ0n) is 14.1. The van der Waals surface area contributed by atoms with Gasteiger partial charge in [-0.2, -0.15) is 5.26 Å². The van der Waals surface area contributed by atoms with Crippen LogP contribution in [0.2, 0.25) is 0 Å². The van der Waals surface area contributed by atoms with Crippen LogP contribution >= 0.6 is 0 Å². The molecule has 0 aliphatic carbocycles. The molecule has 1 aromatic heterocycles. The summed E-state index contributed by atoms with van der Waals surface area (Å²) in [6.07, 6.45) is 0. The van der Waals surface area contributed by atoms with Crippen LogP contribution in [0.4, 0.5) is 0 Å². The van der Waals surface area contributed by atoms with E-state index < -0.39 is 0 Å². The molecular weight excluding hydrogens is 282 g/mol. The molecule has 3 heteroatoms. The molecule has 2 aromatic carbocycles. The highest BCUT2D eigenvalue weighted by atomic mass is 15.1. The number of hydrogen-bond donors (Lipinski definition) is 0. The van der Waals surface area contributed by atoms with Gasteiger partial charge in [-0.15, -0.1) is 0 Å². The fourth-order valence-corrected chi connectivity index (χ4v) is 2.87. The molecule has 1 heterocycles. The molecule has 0 aliphatic rings. The van der Waals surface area contributed by atoms with Crippen LogP contribution in [0.3, 0.4) is 0 Å². The molecule has 3 aromatic rings. The van der Waals surface area contributed by atoms with Gasteiger partial charge in [-0.05, 0) is 54.8 Å². The second-order valence-electron chi connectivity index (χ2n) is 6.44.